The van der Waals surface area contributed by atoms with Gasteiger partial charge < -0.3 is 10.2 Å². The molecule has 0 radical (unpaired) electrons. The molecule has 1 N–H and O–H groups in total. The monoisotopic (exact) mass is 689 g/mol. The van der Waals surface area contributed by atoms with Crippen molar-refractivity contribution in [2.45, 2.75) is 67.4 Å². The molecule has 47 heavy (non-hydrogen) atoms. The number of hydrogen-bond acceptors (Lipinski definition) is 5. The van der Waals surface area contributed by atoms with E-state index in [-0.39, 0.29) is 29.8 Å². The summed E-state index contributed by atoms with van der Waals surface area (Å²) in [5, 5.41) is 3.65. The number of sulfonamides is 1. The van der Waals surface area contributed by atoms with E-state index in [2.05, 4.69) is 5.32 Å². The fraction of sp³-hybridized carbons (Fsp3) is 0.297. The molecule has 1 aliphatic carbocycles. The van der Waals surface area contributed by atoms with Crippen molar-refractivity contribution >= 4 is 50.9 Å². The number of nitrogens with one attached hydrogen (secondary N) is 1. The first kappa shape index (κ1) is 34.5. The van der Waals surface area contributed by atoms with Crippen molar-refractivity contribution in [2.75, 3.05) is 17.1 Å². The zero-order valence-electron chi connectivity index (χ0n) is 26.6. The molecule has 1 fully saturated rings. The van der Waals surface area contributed by atoms with Gasteiger partial charge in [0.2, 0.25) is 11.8 Å². The van der Waals surface area contributed by atoms with E-state index >= 15 is 0 Å². The summed E-state index contributed by atoms with van der Waals surface area (Å²) in [5.41, 5.74) is 2.85. The molecule has 10 heteroatoms. The van der Waals surface area contributed by atoms with Crippen LogP contribution in [0.5, 0.6) is 0 Å². The standard InChI is InChI=1S/C37H40ClN3O4S2/c1-27-16-18-31(19-17-27)41(47(44,45)33-22-20-32(46-2)21-23-33)26-36(42)40(25-29-12-6-9-15-34(29)38)35(24-28-10-4-3-5-11-28)37(43)39-30-13-7-8-14-30/h3-6,9-12,15-23,30,35H,7-8,13-14,24-26H2,1-2H3,(H,39,43)/t35-/m0/s1. The summed E-state index contributed by atoms with van der Waals surface area (Å²) in [7, 11) is -4.18. The number of anilines is 1. The first-order valence-electron chi connectivity index (χ1n) is 15.8. The predicted octanol–water partition coefficient (Wildman–Crippen LogP) is 7.26. The van der Waals surface area contributed by atoms with Gasteiger partial charge in [0.25, 0.3) is 10.0 Å². The van der Waals surface area contributed by atoms with E-state index in [4.69, 9.17) is 11.6 Å². The molecule has 5 rings (SSSR count). The zero-order valence-corrected chi connectivity index (χ0v) is 29.0. The van der Waals surface area contributed by atoms with E-state index in [1.54, 1.807) is 48.5 Å². The summed E-state index contributed by atoms with van der Waals surface area (Å²) in [6, 6.07) is 29.5. The third-order valence-corrected chi connectivity index (χ3v) is 11.4. The van der Waals surface area contributed by atoms with Gasteiger partial charge in [-0.05, 0) is 79.6 Å². The molecule has 0 heterocycles. The molecule has 0 bridgehead atoms. The molecule has 0 saturated heterocycles. The highest BCUT2D eigenvalue weighted by molar-refractivity contribution is 7.98. The molecule has 246 valence electrons. The van der Waals surface area contributed by atoms with E-state index in [9.17, 15) is 18.0 Å². The Morgan fingerprint density at radius 3 is 2.17 bits per heavy atom. The normalized spacial score (nSPS) is 14.0. The van der Waals surface area contributed by atoms with Crippen LogP contribution in [-0.4, -0.2) is 50.0 Å². The van der Waals surface area contributed by atoms with Crippen LogP contribution < -0.4 is 9.62 Å². The number of halogens is 1. The highest BCUT2D eigenvalue weighted by Gasteiger charge is 2.35. The first-order valence-corrected chi connectivity index (χ1v) is 18.8. The SMILES string of the molecule is CSc1ccc(S(=O)(=O)N(CC(=O)N(Cc2ccccc2Cl)[C@@H](Cc2ccccc2)C(=O)NC2CCCC2)c2ccc(C)cc2)cc1. The number of nitrogens with zero attached hydrogens (tertiary/aromatic N) is 2. The number of hydrogen-bond donors (Lipinski definition) is 1. The molecule has 0 aliphatic heterocycles. The number of benzene rings is 4. The van der Waals surface area contributed by atoms with Gasteiger partial charge in [0, 0.05) is 28.9 Å². The zero-order chi connectivity index (χ0) is 33.4. The van der Waals surface area contributed by atoms with Crippen molar-refractivity contribution in [2.24, 2.45) is 0 Å². The Morgan fingerprint density at radius 1 is 0.894 bits per heavy atom. The fourth-order valence-corrected chi connectivity index (χ4v) is 7.86. The molecule has 2 amide bonds. The van der Waals surface area contributed by atoms with Crippen molar-refractivity contribution < 1.29 is 18.0 Å². The van der Waals surface area contributed by atoms with Crippen molar-refractivity contribution in [3.05, 3.63) is 125 Å². The minimum Gasteiger partial charge on any atom is -0.352 e. The lowest BCUT2D eigenvalue weighted by Crippen LogP contribution is -2.54. The number of rotatable bonds is 13. The maximum atomic E-state index is 14.7. The van der Waals surface area contributed by atoms with Gasteiger partial charge >= 0.3 is 0 Å². The third-order valence-electron chi connectivity index (χ3n) is 8.52. The smallest absolute Gasteiger partial charge is 0.264 e. The van der Waals surface area contributed by atoms with Gasteiger partial charge in [-0.25, -0.2) is 8.42 Å². The Bertz CT molecular complexity index is 1760. The van der Waals surface area contributed by atoms with Crippen molar-refractivity contribution in [1.29, 1.82) is 0 Å². The van der Waals surface area contributed by atoms with Gasteiger partial charge in [-0.15, -0.1) is 11.8 Å². The number of aryl methyl sites for hydroxylation is 1. The lowest BCUT2D eigenvalue weighted by atomic mass is 10.0. The van der Waals surface area contributed by atoms with Gasteiger partial charge in [-0.2, -0.15) is 0 Å². The number of carbonyl (C=O) groups is 2. The second-order valence-corrected chi connectivity index (χ2v) is 15.0. The number of thioether (sulfide) groups is 1. The highest BCUT2D eigenvalue weighted by Crippen LogP contribution is 2.28. The van der Waals surface area contributed by atoms with Crippen molar-refractivity contribution in [3.8, 4) is 0 Å². The van der Waals surface area contributed by atoms with Crippen LogP contribution in [0.4, 0.5) is 5.69 Å². The van der Waals surface area contributed by atoms with E-state index in [1.165, 1.54) is 16.7 Å². The van der Waals surface area contributed by atoms with Gasteiger partial charge in [0.1, 0.15) is 12.6 Å². The van der Waals surface area contributed by atoms with Crippen LogP contribution in [-0.2, 0) is 32.6 Å². The minimum absolute atomic E-state index is 0.0261. The molecule has 4 aromatic rings. The molecule has 1 saturated carbocycles. The van der Waals surface area contributed by atoms with Crippen LogP contribution >= 0.6 is 23.4 Å². The van der Waals surface area contributed by atoms with Crippen LogP contribution in [0, 0.1) is 6.92 Å². The first-order chi connectivity index (χ1) is 22.7. The lowest BCUT2D eigenvalue weighted by Gasteiger charge is -2.34. The van der Waals surface area contributed by atoms with Gasteiger partial charge in [0.15, 0.2) is 0 Å². The summed E-state index contributed by atoms with van der Waals surface area (Å²) in [6.07, 6.45) is 6.02. The maximum absolute atomic E-state index is 14.7. The lowest BCUT2D eigenvalue weighted by molar-refractivity contribution is -0.140. The van der Waals surface area contributed by atoms with Gasteiger partial charge in [-0.1, -0.05) is 90.7 Å². The molecular weight excluding hydrogens is 650 g/mol. The molecule has 1 atom stereocenters. The largest absolute Gasteiger partial charge is 0.352 e. The van der Waals surface area contributed by atoms with Crippen LogP contribution in [0.2, 0.25) is 5.02 Å². The third kappa shape index (κ3) is 8.77. The average Bonchev–Trinajstić information content (AvgIpc) is 3.60. The van der Waals surface area contributed by atoms with Gasteiger partial charge in [0.05, 0.1) is 10.6 Å². The summed E-state index contributed by atoms with van der Waals surface area (Å²) < 4.78 is 29.7. The Kier molecular flexibility index (Phi) is 11.7. The second-order valence-electron chi connectivity index (χ2n) is 11.8. The van der Waals surface area contributed by atoms with Crippen LogP contribution in [0.3, 0.4) is 0 Å². The number of carbonyl (C=O) groups excluding carboxylic acids is 2. The summed E-state index contributed by atoms with van der Waals surface area (Å²) >= 11 is 8.11. The molecule has 4 aromatic carbocycles. The van der Waals surface area contributed by atoms with E-state index in [1.807, 2.05) is 67.8 Å². The Morgan fingerprint density at radius 2 is 1.53 bits per heavy atom. The van der Waals surface area contributed by atoms with E-state index < -0.39 is 28.5 Å². The van der Waals surface area contributed by atoms with Crippen LogP contribution in [0.15, 0.2) is 113 Å². The van der Waals surface area contributed by atoms with Crippen molar-refractivity contribution in [3.63, 3.8) is 0 Å². The Labute approximate surface area is 287 Å². The molecule has 0 aromatic heterocycles. The van der Waals surface area contributed by atoms with E-state index in [0.29, 0.717) is 16.3 Å². The van der Waals surface area contributed by atoms with Crippen molar-refractivity contribution in [1.82, 2.24) is 10.2 Å². The molecule has 0 unspecified atom stereocenters. The molecule has 7 nitrogen and oxygen atoms in total. The van der Waals surface area contributed by atoms with Crippen LogP contribution in [0.25, 0.3) is 0 Å². The van der Waals surface area contributed by atoms with E-state index in [0.717, 1.165) is 46.0 Å². The predicted molar refractivity (Wildman–Crippen MR) is 190 cm³/mol. The second kappa shape index (κ2) is 15.9. The summed E-state index contributed by atoms with van der Waals surface area (Å²) in [5.74, 6) is -0.782. The molecular formula is C37H40ClN3O4S2. The summed E-state index contributed by atoms with van der Waals surface area (Å²) in [4.78, 5) is 31.3. The number of amides is 2. The minimum atomic E-state index is -4.18. The maximum Gasteiger partial charge on any atom is 0.264 e. The fourth-order valence-electron chi connectivity index (χ4n) is 5.85. The molecule has 1 aliphatic rings. The average molecular weight is 690 g/mol. The topological polar surface area (TPSA) is 86.8 Å². The summed E-state index contributed by atoms with van der Waals surface area (Å²) in [6.45, 7) is 1.43. The highest BCUT2D eigenvalue weighted by atomic mass is 35.5. The van der Waals surface area contributed by atoms with Gasteiger partial charge in [-0.3, -0.25) is 13.9 Å². The molecule has 0 spiro atoms. The van der Waals surface area contributed by atoms with Crippen LogP contribution in [0.1, 0.15) is 42.4 Å². The quantitative estimate of drug-likeness (QED) is 0.149. The Balaban J connectivity index is 1.56. The Hall–Kier alpha value is -3.79.